The summed E-state index contributed by atoms with van der Waals surface area (Å²) in [6.07, 6.45) is 2.55. The number of likely N-dealkylation sites (tertiary alicyclic amines) is 1. The van der Waals surface area contributed by atoms with Crippen LogP contribution in [0.15, 0.2) is 6.20 Å². The van der Waals surface area contributed by atoms with Gasteiger partial charge < -0.3 is 15.2 Å². The second-order valence-corrected chi connectivity index (χ2v) is 6.65. The van der Waals surface area contributed by atoms with Crippen molar-refractivity contribution in [3.8, 4) is 0 Å². The standard InChI is InChI=1S/C13H19N3O3S/c1-18-11(17)13-2-3-19-7-9(13)5-16(8-13)6-10-4-15-12(14)20-10/h4,9H,2-3,5-8H2,1H3,(H2,14,15)/t9-,13+/m0/s1. The molecule has 0 aromatic carbocycles. The molecule has 2 N–H and O–H groups in total. The van der Waals surface area contributed by atoms with E-state index in [-0.39, 0.29) is 11.9 Å². The molecular formula is C13H19N3O3S. The Kier molecular flexibility index (Phi) is 3.66. The van der Waals surface area contributed by atoms with Crippen molar-refractivity contribution in [2.24, 2.45) is 11.3 Å². The first-order valence-electron chi connectivity index (χ1n) is 6.73. The molecule has 2 atom stereocenters. The molecule has 0 bridgehead atoms. The van der Waals surface area contributed by atoms with E-state index in [0.29, 0.717) is 18.3 Å². The molecule has 0 saturated carbocycles. The number of aromatic nitrogens is 1. The number of methoxy groups -OCH3 is 1. The van der Waals surface area contributed by atoms with Gasteiger partial charge in [0.15, 0.2) is 5.13 Å². The minimum atomic E-state index is -0.400. The quantitative estimate of drug-likeness (QED) is 0.829. The van der Waals surface area contributed by atoms with Gasteiger partial charge in [-0.15, -0.1) is 11.3 Å². The number of hydrogen-bond donors (Lipinski definition) is 1. The van der Waals surface area contributed by atoms with E-state index in [1.54, 1.807) is 0 Å². The molecular weight excluding hydrogens is 278 g/mol. The normalized spacial score (nSPS) is 30.1. The maximum atomic E-state index is 12.2. The van der Waals surface area contributed by atoms with E-state index in [2.05, 4.69) is 9.88 Å². The Morgan fingerprint density at radius 1 is 1.75 bits per heavy atom. The number of nitrogen functional groups attached to an aromatic ring is 1. The number of carbonyl (C=O) groups is 1. The van der Waals surface area contributed by atoms with Gasteiger partial charge in [0.25, 0.3) is 0 Å². The van der Waals surface area contributed by atoms with Crippen molar-refractivity contribution < 1.29 is 14.3 Å². The summed E-state index contributed by atoms with van der Waals surface area (Å²) in [6, 6.07) is 0. The lowest BCUT2D eigenvalue weighted by molar-refractivity contribution is -0.161. The van der Waals surface area contributed by atoms with E-state index in [1.807, 2.05) is 6.20 Å². The third-order valence-electron chi connectivity index (χ3n) is 4.32. The van der Waals surface area contributed by atoms with Gasteiger partial charge in [0, 0.05) is 43.2 Å². The van der Waals surface area contributed by atoms with Crippen LogP contribution >= 0.6 is 11.3 Å². The second kappa shape index (κ2) is 5.31. The molecule has 3 heterocycles. The molecule has 2 aliphatic heterocycles. The topological polar surface area (TPSA) is 77.7 Å². The molecule has 3 rings (SSSR count). The summed E-state index contributed by atoms with van der Waals surface area (Å²) in [5.74, 6) is 0.117. The molecule has 0 spiro atoms. The van der Waals surface area contributed by atoms with Crippen LogP contribution in [0, 0.1) is 11.3 Å². The zero-order chi connectivity index (χ0) is 14.2. The molecule has 1 aromatic rings. The molecule has 0 amide bonds. The van der Waals surface area contributed by atoms with Crippen LogP contribution < -0.4 is 5.73 Å². The minimum Gasteiger partial charge on any atom is -0.469 e. The summed E-state index contributed by atoms with van der Waals surface area (Å²) < 4.78 is 10.6. The molecule has 20 heavy (non-hydrogen) atoms. The zero-order valence-corrected chi connectivity index (χ0v) is 12.3. The molecule has 2 fully saturated rings. The van der Waals surface area contributed by atoms with Gasteiger partial charge in [-0.3, -0.25) is 9.69 Å². The molecule has 7 heteroatoms. The van der Waals surface area contributed by atoms with Crippen LogP contribution in [0.5, 0.6) is 0 Å². The molecule has 6 nitrogen and oxygen atoms in total. The first-order chi connectivity index (χ1) is 9.64. The van der Waals surface area contributed by atoms with Gasteiger partial charge in [0.1, 0.15) is 0 Å². The predicted octanol–water partition coefficient (Wildman–Crippen LogP) is 0.737. The Morgan fingerprint density at radius 2 is 2.60 bits per heavy atom. The Balaban J connectivity index is 1.75. The number of nitrogens with zero attached hydrogens (tertiary/aromatic N) is 2. The van der Waals surface area contributed by atoms with Gasteiger partial charge in [-0.05, 0) is 6.42 Å². The average molecular weight is 297 g/mol. The Bertz CT molecular complexity index is 507. The molecule has 0 aliphatic carbocycles. The summed E-state index contributed by atoms with van der Waals surface area (Å²) in [6.45, 7) is 3.63. The van der Waals surface area contributed by atoms with Crippen LogP contribution in [0.3, 0.4) is 0 Å². The molecule has 110 valence electrons. The highest BCUT2D eigenvalue weighted by atomic mass is 32.1. The Labute approximate surface area is 121 Å². The lowest BCUT2D eigenvalue weighted by Gasteiger charge is -2.35. The number of anilines is 1. The average Bonchev–Trinajstić information content (AvgIpc) is 3.01. The summed E-state index contributed by atoms with van der Waals surface area (Å²) in [5, 5.41) is 0.586. The highest BCUT2D eigenvalue weighted by molar-refractivity contribution is 7.15. The van der Waals surface area contributed by atoms with Gasteiger partial charge in [-0.25, -0.2) is 4.98 Å². The predicted molar refractivity (Wildman–Crippen MR) is 75.2 cm³/mol. The number of carbonyl (C=O) groups excluding carboxylic acids is 1. The lowest BCUT2D eigenvalue weighted by Crippen LogP contribution is -2.45. The molecule has 2 saturated heterocycles. The number of thiazole rings is 1. The van der Waals surface area contributed by atoms with Crippen molar-refractivity contribution in [2.45, 2.75) is 13.0 Å². The zero-order valence-electron chi connectivity index (χ0n) is 11.5. The van der Waals surface area contributed by atoms with E-state index in [9.17, 15) is 4.79 Å². The van der Waals surface area contributed by atoms with Crippen molar-refractivity contribution in [1.29, 1.82) is 0 Å². The summed E-state index contributed by atoms with van der Waals surface area (Å²) in [7, 11) is 1.47. The summed E-state index contributed by atoms with van der Waals surface area (Å²) in [5.41, 5.74) is 5.26. The fourth-order valence-corrected chi connectivity index (χ4v) is 4.05. The number of hydrogen-bond acceptors (Lipinski definition) is 7. The van der Waals surface area contributed by atoms with Gasteiger partial charge in [0.05, 0.1) is 19.1 Å². The van der Waals surface area contributed by atoms with Crippen molar-refractivity contribution in [3.63, 3.8) is 0 Å². The first kappa shape index (κ1) is 13.8. The fraction of sp³-hybridized carbons (Fsp3) is 0.692. The van der Waals surface area contributed by atoms with Gasteiger partial charge >= 0.3 is 5.97 Å². The van der Waals surface area contributed by atoms with Gasteiger partial charge in [0.2, 0.25) is 0 Å². The van der Waals surface area contributed by atoms with Crippen LogP contribution in [0.1, 0.15) is 11.3 Å². The molecule has 0 radical (unpaired) electrons. The van der Waals surface area contributed by atoms with E-state index < -0.39 is 5.41 Å². The van der Waals surface area contributed by atoms with E-state index in [0.717, 1.165) is 30.9 Å². The van der Waals surface area contributed by atoms with Crippen LogP contribution in [0.25, 0.3) is 0 Å². The van der Waals surface area contributed by atoms with Crippen LogP contribution in [-0.2, 0) is 20.8 Å². The van der Waals surface area contributed by atoms with Crippen LogP contribution in [-0.4, -0.2) is 49.3 Å². The maximum absolute atomic E-state index is 12.2. The van der Waals surface area contributed by atoms with Gasteiger partial charge in [-0.1, -0.05) is 0 Å². The largest absolute Gasteiger partial charge is 0.469 e. The number of rotatable bonds is 3. The number of ether oxygens (including phenoxy) is 2. The highest BCUT2D eigenvalue weighted by Crippen LogP contribution is 2.43. The van der Waals surface area contributed by atoms with Crippen molar-refractivity contribution in [1.82, 2.24) is 9.88 Å². The second-order valence-electron chi connectivity index (χ2n) is 5.50. The highest BCUT2D eigenvalue weighted by Gasteiger charge is 2.54. The third kappa shape index (κ3) is 2.30. The van der Waals surface area contributed by atoms with Gasteiger partial charge in [-0.2, -0.15) is 0 Å². The number of esters is 1. The maximum Gasteiger partial charge on any atom is 0.313 e. The number of fused-ring (bicyclic) bond motifs is 1. The minimum absolute atomic E-state index is 0.0999. The molecule has 0 unspecified atom stereocenters. The van der Waals surface area contributed by atoms with Crippen molar-refractivity contribution >= 4 is 22.4 Å². The van der Waals surface area contributed by atoms with Crippen LogP contribution in [0.2, 0.25) is 0 Å². The van der Waals surface area contributed by atoms with Crippen molar-refractivity contribution in [2.75, 3.05) is 39.1 Å². The molecule has 2 aliphatic rings. The summed E-state index contributed by atoms with van der Waals surface area (Å²) in [4.78, 5) is 19.7. The Hall–Kier alpha value is -1.18. The van der Waals surface area contributed by atoms with Crippen molar-refractivity contribution in [3.05, 3.63) is 11.1 Å². The van der Waals surface area contributed by atoms with Crippen LogP contribution in [0.4, 0.5) is 5.13 Å². The first-order valence-corrected chi connectivity index (χ1v) is 7.54. The fourth-order valence-electron chi connectivity index (χ4n) is 3.33. The molecule has 1 aromatic heterocycles. The Morgan fingerprint density at radius 3 is 3.30 bits per heavy atom. The monoisotopic (exact) mass is 297 g/mol. The smallest absolute Gasteiger partial charge is 0.313 e. The van der Waals surface area contributed by atoms with E-state index >= 15 is 0 Å². The van der Waals surface area contributed by atoms with E-state index in [4.69, 9.17) is 15.2 Å². The SMILES string of the molecule is COC(=O)[C@@]12CCOC[C@@H]1CN(Cc1cnc(N)s1)C2. The summed E-state index contributed by atoms with van der Waals surface area (Å²) >= 11 is 1.50. The third-order valence-corrected chi connectivity index (χ3v) is 5.13. The lowest BCUT2D eigenvalue weighted by atomic mass is 9.74. The number of nitrogens with two attached hydrogens (primary N) is 1. The van der Waals surface area contributed by atoms with E-state index in [1.165, 1.54) is 18.4 Å².